The monoisotopic (exact) mass is 425 g/mol. The number of aliphatic hydroxyl groups is 2. The summed E-state index contributed by atoms with van der Waals surface area (Å²) in [7, 11) is 0. The van der Waals surface area contributed by atoms with E-state index >= 15 is 0 Å². The van der Waals surface area contributed by atoms with Gasteiger partial charge in [-0.05, 0) is 17.7 Å². The summed E-state index contributed by atoms with van der Waals surface area (Å²) in [5.74, 6) is -1.50. The molecule has 3 aromatic carbocycles. The summed E-state index contributed by atoms with van der Waals surface area (Å²) < 4.78 is 0. The van der Waals surface area contributed by atoms with E-state index in [4.69, 9.17) is 0 Å². The summed E-state index contributed by atoms with van der Waals surface area (Å²) in [6, 6.07) is 24.5. The highest BCUT2D eigenvalue weighted by molar-refractivity contribution is 6.06. The molecule has 2 heterocycles. The van der Waals surface area contributed by atoms with Crippen LogP contribution in [0.25, 0.3) is 16.6 Å². The minimum Gasteiger partial charge on any atom is -0.503 e. The number of hydrogen-bond donors (Lipinski definition) is 3. The van der Waals surface area contributed by atoms with Gasteiger partial charge in [0.25, 0.3) is 11.5 Å². The number of hydrogen-bond acceptors (Lipinski definition) is 5. The molecule has 0 radical (unpaired) electrons. The van der Waals surface area contributed by atoms with Gasteiger partial charge in [-0.15, -0.1) is 0 Å². The Morgan fingerprint density at radius 2 is 1.50 bits per heavy atom. The van der Waals surface area contributed by atoms with Gasteiger partial charge in [0.1, 0.15) is 5.69 Å². The topological polar surface area (TPSA) is 107 Å². The maximum Gasteiger partial charge on any atom is 0.292 e. The number of H-pyrrole nitrogens is 1. The van der Waals surface area contributed by atoms with E-state index in [9.17, 15) is 19.8 Å². The van der Waals surface area contributed by atoms with E-state index in [1.807, 2.05) is 30.3 Å². The fourth-order valence-corrected chi connectivity index (χ4v) is 4.08. The molecule has 1 amide bonds. The van der Waals surface area contributed by atoms with E-state index < -0.39 is 23.0 Å². The van der Waals surface area contributed by atoms with Gasteiger partial charge in [-0.1, -0.05) is 72.8 Å². The van der Waals surface area contributed by atoms with Crippen molar-refractivity contribution >= 4 is 22.5 Å². The van der Waals surface area contributed by atoms with Crippen LogP contribution < -0.4 is 5.56 Å². The lowest BCUT2D eigenvalue weighted by Crippen LogP contribution is -2.45. The molecule has 1 aromatic heterocycles. The standard InChI is InChI=1S/C25H19N3O4/c29-22-20(21-23(30)27-19-14-8-7-13-18(19)26-21)25(32,17-11-5-2-6-12-17)28(24(22)31)15-16-9-3-1-4-10-16/h1-14,29,32H,15H2,(H,27,30). The fourth-order valence-electron chi connectivity index (χ4n) is 4.08. The van der Waals surface area contributed by atoms with Crippen molar-refractivity contribution in [3.05, 3.63) is 118 Å². The molecule has 4 aromatic rings. The predicted octanol–water partition coefficient (Wildman–Crippen LogP) is 3.08. The Balaban J connectivity index is 1.75. The highest BCUT2D eigenvalue weighted by Gasteiger charge is 2.54. The molecule has 0 spiro atoms. The normalized spacial score (nSPS) is 18.5. The summed E-state index contributed by atoms with van der Waals surface area (Å²) in [6.45, 7) is 0.0180. The molecule has 0 bridgehead atoms. The number of benzene rings is 3. The number of fused-ring (bicyclic) bond motifs is 1. The lowest BCUT2D eigenvalue weighted by atomic mass is 9.92. The Bertz CT molecular complexity index is 1410. The summed E-state index contributed by atoms with van der Waals surface area (Å²) >= 11 is 0. The Labute approximate surface area is 182 Å². The molecule has 1 unspecified atom stereocenters. The van der Waals surface area contributed by atoms with Gasteiger partial charge >= 0.3 is 0 Å². The van der Waals surface area contributed by atoms with Gasteiger partial charge in [-0.25, -0.2) is 4.98 Å². The van der Waals surface area contributed by atoms with Crippen molar-refractivity contribution in [2.75, 3.05) is 0 Å². The SMILES string of the molecule is O=C1C(O)=C(c2nc3ccccc3[nH]c2=O)C(O)(c2ccccc2)N1Cc1ccccc1. The van der Waals surface area contributed by atoms with Crippen LogP contribution in [0.1, 0.15) is 16.8 Å². The molecule has 1 aliphatic heterocycles. The van der Waals surface area contributed by atoms with Gasteiger partial charge < -0.3 is 15.2 Å². The van der Waals surface area contributed by atoms with E-state index in [1.165, 1.54) is 0 Å². The van der Waals surface area contributed by atoms with E-state index in [0.717, 1.165) is 10.5 Å². The van der Waals surface area contributed by atoms with Crippen LogP contribution in [-0.2, 0) is 17.1 Å². The molecule has 3 N–H and O–H groups in total. The molecule has 32 heavy (non-hydrogen) atoms. The minimum absolute atomic E-state index is 0.0180. The van der Waals surface area contributed by atoms with Crippen molar-refractivity contribution in [1.82, 2.24) is 14.9 Å². The summed E-state index contributed by atoms with van der Waals surface area (Å²) in [5.41, 5.74) is -1.10. The number of aromatic nitrogens is 2. The van der Waals surface area contributed by atoms with Gasteiger partial charge in [0.2, 0.25) is 0 Å². The first-order valence-corrected chi connectivity index (χ1v) is 10.1. The van der Waals surface area contributed by atoms with Crippen LogP contribution in [0, 0.1) is 0 Å². The second-order valence-corrected chi connectivity index (χ2v) is 7.57. The Kier molecular flexibility index (Phi) is 4.61. The molecular formula is C25H19N3O4. The van der Waals surface area contributed by atoms with Gasteiger partial charge in [-0.2, -0.15) is 0 Å². The number of aliphatic hydroxyl groups excluding tert-OH is 1. The van der Waals surface area contributed by atoms with Gasteiger partial charge in [0, 0.05) is 12.1 Å². The predicted molar refractivity (Wildman–Crippen MR) is 119 cm³/mol. The number of carbonyl (C=O) groups is 1. The molecular weight excluding hydrogens is 406 g/mol. The number of nitrogens with one attached hydrogen (secondary N) is 1. The maximum absolute atomic E-state index is 13.2. The molecule has 0 aliphatic carbocycles. The van der Waals surface area contributed by atoms with Crippen LogP contribution in [0.2, 0.25) is 0 Å². The van der Waals surface area contributed by atoms with Crippen LogP contribution in [0.4, 0.5) is 0 Å². The average Bonchev–Trinajstić information content (AvgIpc) is 3.01. The quantitative estimate of drug-likeness (QED) is 0.466. The molecule has 0 saturated carbocycles. The van der Waals surface area contributed by atoms with Crippen LogP contribution in [0.15, 0.2) is 95.5 Å². The lowest BCUT2D eigenvalue weighted by Gasteiger charge is -2.35. The van der Waals surface area contributed by atoms with Crippen molar-refractivity contribution in [3.63, 3.8) is 0 Å². The number of amides is 1. The second-order valence-electron chi connectivity index (χ2n) is 7.57. The number of nitrogens with zero attached hydrogens (tertiary/aromatic N) is 2. The molecule has 0 saturated heterocycles. The third-order valence-corrected chi connectivity index (χ3v) is 5.62. The molecule has 158 valence electrons. The number of carbonyl (C=O) groups excluding carboxylic acids is 1. The molecule has 1 aliphatic rings. The summed E-state index contributed by atoms with van der Waals surface area (Å²) in [5, 5.41) is 22.9. The van der Waals surface area contributed by atoms with Gasteiger partial charge in [0.05, 0.1) is 16.6 Å². The number of aromatic amines is 1. The Morgan fingerprint density at radius 3 is 2.22 bits per heavy atom. The van der Waals surface area contributed by atoms with Crippen LogP contribution >= 0.6 is 0 Å². The molecule has 5 rings (SSSR count). The first kappa shape index (κ1) is 19.7. The van der Waals surface area contributed by atoms with Gasteiger partial charge in [-0.3, -0.25) is 14.5 Å². The van der Waals surface area contributed by atoms with E-state index in [-0.39, 0.29) is 17.8 Å². The highest BCUT2D eigenvalue weighted by Crippen LogP contribution is 2.46. The van der Waals surface area contributed by atoms with E-state index in [2.05, 4.69) is 9.97 Å². The fraction of sp³-hybridized carbons (Fsp3) is 0.0800. The highest BCUT2D eigenvalue weighted by atomic mass is 16.3. The van der Waals surface area contributed by atoms with Crippen LogP contribution in [0.5, 0.6) is 0 Å². The van der Waals surface area contributed by atoms with Crippen LogP contribution in [-0.4, -0.2) is 31.0 Å². The zero-order valence-corrected chi connectivity index (χ0v) is 16.9. The maximum atomic E-state index is 13.2. The third kappa shape index (κ3) is 2.99. The molecule has 7 nitrogen and oxygen atoms in total. The van der Waals surface area contributed by atoms with E-state index in [1.54, 1.807) is 54.6 Å². The largest absolute Gasteiger partial charge is 0.503 e. The average molecular weight is 425 g/mol. The smallest absolute Gasteiger partial charge is 0.292 e. The van der Waals surface area contributed by atoms with E-state index in [0.29, 0.717) is 16.6 Å². The zero-order valence-electron chi connectivity index (χ0n) is 16.9. The van der Waals surface area contributed by atoms with Crippen molar-refractivity contribution in [2.24, 2.45) is 0 Å². The van der Waals surface area contributed by atoms with Gasteiger partial charge in [0.15, 0.2) is 11.5 Å². The van der Waals surface area contributed by atoms with Crippen molar-refractivity contribution in [1.29, 1.82) is 0 Å². The van der Waals surface area contributed by atoms with Crippen molar-refractivity contribution in [2.45, 2.75) is 12.3 Å². The van der Waals surface area contributed by atoms with Crippen molar-refractivity contribution < 1.29 is 15.0 Å². The molecule has 0 fully saturated rings. The second kappa shape index (κ2) is 7.47. The number of rotatable bonds is 4. The molecule has 7 heteroatoms. The summed E-state index contributed by atoms with van der Waals surface area (Å²) in [4.78, 5) is 34.4. The van der Waals surface area contributed by atoms with Crippen LogP contribution in [0.3, 0.4) is 0 Å². The summed E-state index contributed by atoms with van der Waals surface area (Å²) in [6.07, 6.45) is 0. The number of para-hydroxylation sites is 2. The van der Waals surface area contributed by atoms with Crippen molar-refractivity contribution in [3.8, 4) is 0 Å². The zero-order chi connectivity index (χ0) is 22.3. The first-order valence-electron chi connectivity index (χ1n) is 10.1. The molecule has 1 atom stereocenters. The Hall–Kier alpha value is -4.23. The Morgan fingerprint density at radius 1 is 0.875 bits per heavy atom. The third-order valence-electron chi connectivity index (χ3n) is 5.62. The lowest BCUT2D eigenvalue weighted by molar-refractivity contribution is -0.145. The minimum atomic E-state index is -2.10. The first-order chi connectivity index (χ1) is 15.5.